The molecule has 0 saturated heterocycles. The number of carbonyl (C=O) groups excluding carboxylic acids is 1. The molecular formula is C20H21NOSSi. The fraction of sp³-hybridized carbons (Fsp3) is 0.250. The SMILES string of the molecule is C[Si](C)(C)CN1/C(=C2\Cc3ccccc3C2=O)Sc2ccccc21. The van der Waals surface area contributed by atoms with E-state index in [0.29, 0.717) is 0 Å². The maximum Gasteiger partial charge on any atom is 0.192 e. The van der Waals surface area contributed by atoms with Crippen LogP contribution in [0.15, 0.2) is 64.0 Å². The molecule has 0 fully saturated rings. The van der Waals surface area contributed by atoms with Crippen molar-refractivity contribution in [3.63, 3.8) is 0 Å². The third kappa shape index (κ3) is 2.64. The molecule has 122 valence electrons. The molecule has 0 N–H and O–H groups in total. The van der Waals surface area contributed by atoms with Crippen LogP contribution in [-0.2, 0) is 6.42 Å². The number of anilines is 1. The minimum atomic E-state index is -1.32. The molecule has 2 nitrogen and oxygen atoms in total. The third-order valence-corrected chi connectivity index (χ3v) is 6.89. The predicted octanol–water partition coefficient (Wildman–Crippen LogP) is 5.13. The zero-order valence-corrected chi connectivity index (χ0v) is 16.1. The lowest BCUT2D eigenvalue weighted by Gasteiger charge is -2.28. The van der Waals surface area contributed by atoms with E-state index in [2.05, 4.69) is 54.9 Å². The number of allylic oxidation sites excluding steroid dienone is 1. The lowest BCUT2D eigenvalue weighted by atomic mass is 10.1. The highest BCUT2D eigenvalue weighted by molar-refractivity contribution is 8.03. The second kappa shape index (κ2) is 5.64. The minimum Gasteiger partial charge on any atom is -0.338 e. The first-order valence-electron chi connectivity index (χ1n) is 8.34. The molecule has 0 aromatic heterocycles. The molecule has 0 bridgehead atoms. The molecule has 1 aliphatic heterocycles. The smallest absolute Gasteiger partial charge is 0.192 e. The van der Waals surface area contributed by atoms with Crippen LogP contribution in [0.2, 0.25) is 19.6 Å². The van der Waals surface area contributed by atoms with E-state index >= 15 is 0 Å². The monoisotopic (exact) mass is 351 g/mol. The first-order valence-corrected chi connectivity index (χ1v) is 12.9. The minimum absolute atomic E-state index is 0.210. The van der Waals surface area contributed by atoms with Crippen LogP contribution in [-0.4, -0.2) is 20.0 Å². The topological polar surface area (TPSA) is 20.3 Å². The Morgan fingerprint density at radius 2 is 1.75 bits per heavy atom. The van der Waals surface area contributed by atoms with Crippen LogP contribution in [0, 0.1) is 0 Å². The van der Waals surface area contributed by atoms with Gasteiger partial charge in [-0.1, -0.05) is 67.8 Å². The van der Waals surface area contributed by atoms with E-state index in [1.54, 1.807) is 11.8 Å². The van der Waals surface area contributed by atoms with Crippen LogP contribution >= 0.6 is 11.8 Å². The first kappa shape index (κ1) is 15.7. The van der Waals surface area contributed by atoms with Crippen molar-refractivity contribution in [2.24, 2.45) is 0 Å². The lowest BCUT2D eigenvalue weighted by Crippen LogP contribution is -2.38. The standard InChI is InChI=1S/C20H21NOSSi/c1-24(2,3)13-21-17-10-6-7-11-18(17)23-20(21)16-12-14-8-4-5-9-15(14)19(16)22/h4-11H,12-13H2,1-3H3/b20-16-. The van der Waals surface area contributed by atoms with Crippen molar-refractivity contribution in [3.05, 3.63) is 70.3 Å². The Hall–Kier alpha value is -1.78. The summed E-state index contributed by atoms with van der Waals surface area (Å²) in [6, 6.07) is 16.5. The molecule has 2 aromatic carbocycles. The normalized spacial score (nSPS) is 19.6. The number of nitrogens with zero attached hydrogens (tertiary/aromatic N) is 1. The maximum atomic E-state index is 13.0. The molecule has 2 aliphatic rings. The molecule has 0 amide bonds. The molecule has 0 radical (unpaired) electrons. The van der Waals surface area contributed by atoms with E-state index in [1.165, 1.54) is 10.6 Å². The highest BCUT2D eigenvalue weighted by atomic mass is 32.2. The number of rotatable bonds is 2. The van der Waals surface area contributed by atoms with Gasteiger partial charge >= 0.3 is 0 Å². The molecule has 1 aliphatic carbocycles. The van der Waals surface area contributed by atoms with Crippen LogP contribution in [0.1, 0.15) is 15.9 Å². The van der Waals surface area contributed by atoms with Gasteiger partial charge in [-0.15, -0.1) is 0 Å². The van der Waals surface area contributed by atoms with Crippen LogP contribution < -0.4 is 4.90 Å². The number of benzene rings is 2. The molecule has 24 heavy (non-hydrogen) atoms. The van der Waals surface area contributed by atoms with Gasteiger partial charge in [-0.25, -0.2) is 0 Å². The van der Waals surface area contributed by atoms with Gasteiger partial charge in [0.05, 0.1) is 18.8 Å². The van der Waals surface area contributed by atoms with Crippen LogP contribution in [0.4, 0.5) is 5.69 Å². The quantitative estimate of drug-likeness (QED) is 0.553. The summed E-state index contributed by atoms with van der Waals surface area (Å²) in [6.07, 6.45) is 1.80. The summed E-state index contributed by atoms with van der Waals surface area (Å²) in [5, 5.41) is 1.15. The summed E-state index contributed by atoms with van der Waals surface area (Å²) in [5.41, 5.74) is 4.27. The van der Waals surface area contributed by atoms with Crippen molar-refractivity contribution in [3.8, 4) is 0 Å². The van der Waals surface area contributed by atoms with Gasteiger partial charge in [0.2, 0.25) is 0 Å². The summed E-state index contributed by atoms with van der Waals surface area (Å²) in [5.74, 6) is 0.210. The Bertz CT molecular complexity index is 866. The zero-order chi connectivity index (χ0) is 16.9. The largest absolute Gasteiger partial charge is 0.338 e. The van der Waals surface area contributed by atoms with Gasteiger partial charge in [0.25, 0.3) is 0 Å². The summed E-state index contributed by atoms with van der Waals surface area (Å²) in [7, 11) is -1.32. The van der Waals surface area contributed by atoms with Crippen molar-refractivity contribution in [2.45, 2.75) is 31.0 Å². The number of fused-ring (bicyclic) bond motifs is 2. The summed E-state index contributed by atoms with van der Waals surface area (Å²) >= 11 is 1.76. The van der Waals surface area contributed by atoms with Crippen LogP contribution in [0.25, 0.3) is 0 Å². The molecule has 0 spiro atoms. The Morgan fingerprint density at radius 1 is 1.04 bits per heavy atom. The molecule has 4 rings (SSSR count). The summed E-state index contributed by atoms with van der Waals surface area (Å²) in [6.45, 7) is 7.14. The fourth-order valence-corrected chi connectivity index (χ4v) is 5.98. The molecular weight excluding hydrogens is 330 g/mol. The average Bonchev–Trinajstić information content (AvgIpc) is 3.05. The number of Topliss-reactive ketones (excluding diaryl/α,β-unsaturated/α-hetero) is 1. The second-order valence-electron chi connectivity index (χ2n) is 7.66. The summed E-state index contributed by atoms with van der Waals surface area (Å²) < 4.78 is 0. The highest BCUT2D eigenvalue weighted by Crippen LogP contribution is 2.49. The van der Waals surface area contributed by atoms with E-state index in [4.69, 9.17) is 0 Å². The van der Waals surface area contributed by atoms with Gasteiger partial charge in [-0.2, -0.15) is 0 Å². The fourth-order valence-electron chi connectivity index (χ4n) is 3.39. The number of thioether (sulfide) groups is 1. The summed E-state index contributed by atoms with van der Waals surface area (Å²) in [4.78, 5) is 16.6. The van der Waals surface area contributed by atoms with Crippen molar-refractivity contribution in [2.75, 3.05) is 11.1 Å². The van der Waals surface area contributed by atoms with Gasteiger partial charge in [0, 0.05) is 28.6 Å². The van der Waals surface area contributed by atoms with Gasteiger partial charge in [0.1, 0.15) is 0 Å². The van der Waals surface area contributed by atoms with E-state index in [-0.39, 0.29) is 5.78 Å². The number of carbonyl (C=O) groups is 1. The first-order chi connectivity index (χ1) is 11.4. The Morgan fingerprint density at radius 3 is 2.50 bits per heavy atom. The molecule has 0 atom stereocenters. The second-order valence-corrected chi connectivity index (χ2v) is 14.1. The van der Waals surface area contributed by atoms with Gasteiger partial charge in [-0.3, -0.25) is 4.79 Å². The molecule has 0 unspecified atom stereocenters. The van der Waals surface area contributed by atoms with Crippen molar-refractivity contribution >= 4 is 31.3 Å². The zero-order valence-electron chi connectivity index (χ0n) is 14.3. The van der Waals surface area contributed by atoms with E-state index in [0.717, 1.165) is 34.3 Å². The Labute approximate surface area is 148 Å². The predicted molar refractivity (Wildman–Crippen MR) is 104 cm³/mol. The van der Waals surface area contributed by atoms with Gasteiger partial charge in [-0.05, 0) is 17.7 Å². The van der Waals surface area contributed by atoms with Crippen LogP contribution in [0.5, 0.6) is 0 Å². The third-order valence-electron chi connectivity index (χ3n) is 4.40. The van der Waals surface area contributed by atoms with E-state index in [9.17, 15) is 4.79 Å². The lowest BCUT2D eigenvalue weighted by molar-refractivity contribution is 0.103. The number of hydrogen-bond acceptors (Lipinski definition) is 3. The molecule has 1 heterocycles. The maximum absolute atomic E-state index is 13.0. The number of para-hydroxylation sites is 1. The molecule has 2 aromatic rings. The molecule has 4 heteroatoms. The highest BCUT2D eigenvalue weighted by Gasteiger charge is 2.35. The number of ketones is 1. The molecule has 0 saturated carbocycles. The van der Waals surface area contributed by atoms with Crippen LogP contribution in [0.3, 0.4) is 0 Å². The Balaban J connectivity index is 1.82. The van der Waals surface area contributed by atoms with E-state index < -0.39 is 8.07 Å². The Kier molecular flexibility index (Phi) is 3.70. The van der Waals surface area contributed by atoms with Crippen molar-refractivity contribution < 1.29 is 4.79 Å². The number of hydrogen-bond donors (Lipinski definition) is 0. The van der Waals surface area contributed by atoms with Gasteiger partial charge in [0.15, 0.2) is 5.78 Å². The van der Waals surface area contributed by atoms with Crippen molar-refractivity contribution in [1.29, 1.82) is 0 Å². The van der Waals surface area contributed by atoms with Gasteiger partial charge < -0.3 is 4.90 Å². The van der Waals surface area contributed by atoms with Crippen molar-refractivity contribution in [1.82, 2.24) is 0 Å². The van der Waals surface area contributed by atoms with E-state index in [1.807, 2.05) is 18.2 Å². The average molecular weight is 352 g/mol.